The van der Waals surface area contributed by atoms with Crippen molar-refractivity contribution in [1.82, 2.24) is 29.4 Å². The van der Waals surface area contributed by atoms with Crippen LogP contribution in [0.5, 0.6) is 0 Å². The van der Waals surface area contributed by atoms with Crippen molar-refractivity contribution in [2.75, 3.05) is 25.4 Å². The van der Waals surface area contributed by atoms with E-state index in [1.807, 2.05) is 0 Å². The highest BCUT2D eigenvalue weighted by molar-refractivity contribution is 7.90. The summed E-state index contributed by atoms with van der Waals surface area (Å²) in [5.41, 5.74) is 2.51. The van der Waals surface area contributed by atoms with Crippen molar-refractivity contribution < 1.29 is 12.5 Å². The summed E-state index contributed by atoms with van der Waals surface area (Å²) in [7, 11) is -3.16. The van der Waals surface area contributed by atoms with Crippen molar-refractivity contribution in [2.24, 2.45) is 0 Å². The second-order valence-electron chi connectivity index (χ2n) is 8.77. The fourth-order valence-electron chi connectivity index (χ4n) is 4.18. The van der Waals surface area contributed by atoms with Gasteiger partial charge in [0, 0.05) is 41.5 Å². The van der Waals surface area contributed by atoms with E-state index in [1.54, 1.807) is 39.6 Å². The number of hydrogen-bond acceptors (Lipinski definition) is 7. The molecule has 1 saturated carbocycles. The minimum absolute atomic E-state index is 0.0505. The van der Waals surface area contributed by atoms with Crippen molar-refractivity contribution >= 4 is 39.2 Å². The van der Waals surface area contributed by atoms with Crippen LogP contribution in [0.1, 0.15) is 35.4 Å². The van der Waals surface area contributed by atoms with E-state index in [2.05, 4.69) is 25.7 Å². The van der Waals surface area contributed by atoms with Gasteiger partial charge < -0.3 is 10.6 Å². The van der Waals surface area contributed by atoms with Crippen LogP contribution < -0.4 is 10.6 Å². The predicted octanol–water partition coefficient (Wildman–Crippen LogP) is 3.72. The zero-order valence-electron chi connectivity index (χ0n) is 21.8. The first-order valence-electron chi connectivity index (χ1n) is 12.9. The maximum Gasteiger partial charge on any atom is 0.223 e. The third kappa shape index (κ3) is 5.31. The number of halogens is 2. The largest absolute Gasteiger partial charge is 0.351 e. The Balaban J connectivity index is 1.26. The van der Waals surface area contributed by atoms with Gasteiger partial charge in [-0.05, 0) is 50.4 Å². The van der Waals surface area contributed by atoms with Gasteiger partial charge in [-0.3, -0.25) is 0 Å². The van der Waals surface area contributed by atoms with Gasteiger partial charge in [-0.2, -0.15) is 5.10 Å². The first kappa shape index (κ1) is 20.9. The molecule has 12 heteroatoms. The lowest BCUT2D eigenvalue weighted by Crippen LogP contribution is -2.43. The molecule has 2 aromatic heterocycles. The number of anilines is 1. The molecule has 0 amide bonds. The van der Waals surface area contributed by atoms with Gasteiger partial charge in [-0.15, -0.1) is 0 Å². The summed E-state index contributed by atoms with van der Waals surface area (Å²) in [5, 5.41) is 10.8. The third-order valence-corrected chi connectivity index (χ3v) is 9.22. The molecule has 35 heavy (non-hydrogen) atoms. The molecular formula is C23H27Cl2N7O2S. The highest BCUT2D eigenvalue weighted by atomic mass is 35.5. The highest BCUT2D eigenvalue weighted by Crippen LogP contribution is 2.33. The molecule has 186 valence electrons. The monoisotopic (exact) mass is 538 g/mol. The van der Waals surface area contributed by atoms with Crippen LogP contribution in [-0.2, 0) is 16.6 Å². The molecule has 9 nitrogen and oxygen atoms in total. The molecule has 5 rings (SSSR count). The van der Waals surface area contributed by atoms with Crippen LogP contribution in [0.25, 0.3) is 16.9 Å². The average Bonchev–Trinajstić information content (AvgIpc) is 3.63. The second-order valence-corrected chi connectivity index (χ2v) is 11.8. The Bertz CT molecular complexity index is 1420. The molecule has 2 aliphatic rings. The summed E-state index contributed by atoms with van der Waals surface area (Å²) in [5.74, 6) is 0.407. The molecule has 1 aliphatic heterocycles. The van der Waals surface area contributed by atoms with Crippen LogP contribution in [-0.4, -0.2) is 63.8 Å². The number of piperidine rings is 1. The Labute approximate surface area is 219 Å². The summed E-state index contributed by atoms with van der Waals surface area (Å²) in [6.45, 7) is -1.12. The second kappa shape index (κ2) is 10.0. The fourth-order valence-corrected chi connectivity index (χ4v) is 6.54. The van der Waals surface area contributed by atoms with Gasteiger partial charge in [0.15, 0.2) is 0 Å². The molecule has 2 fully saturated rings. The quantitative estimate of drug-likeness (QED) is 0.450. The van der Waals surface area contributed by atoms with Crippen LogP contribution in [0.2, 0.25) is 10.0 Å². The zero-order valence-corrected chi connectivity index (χ0v) is 21.1. The summed E-state index contributed by atoms with van der Waals surface area (Å²) >= 11 is 12.9. The summed E-state index contributed by atoms with van der Waals surface area (Å²) in [6, 6.07) is 5.29. The fraction of sp³-hybridized carbons (Fsp3) is 0.435. The number of hydrogen-bond donors (Lipinski definition) is 2. The molecule has 3 aromatic rings. The van der Waals surface area contributed by atoms with E-state index in [0.29, 0.717) is 58.9 Å². The number of nitrogens with zero attached hydrogens (tertiary/aromatic N) is 5. The van der Waals surface area contributed by atoms with E-state index in [0.717, 1.165) is 18.4 Å². The maximum atomic E-state index is 12.5. The molecule has 0 atom stereocenters. The normalized spacial score (nSPS) is 19.2. The summed E-state index contributed by atoms with van der Waals surface area (Å²) < 4.78 is 50.0. The molecule has 1 saturated heterocycles. The number of benzene rings is 1. The highest BCUT2D eigenvalue weighted by Gasteiger charge is 2.41. The van der Waals surface area contributed by atoms with Crippen molar-refractivity contribution in [3.63, 3.8) is 0 Å². The first-order chi connectivity index (χ1) is 18.0. The molecule has 0 radical (unpaired) electrons. The van der Waals surface area contributed by atoms with Crippen molar-refractivity contribution in [1.29, 1.82) is 0 Å². The lowest BCUT2D eigenvalue weighted by molar-refractivity contribution is 0.328. The van der Waals surface area contributed by atoms with E-state index in [1.165, 1.54) is 6.20 Å². The van der Waals surface area contributed by atoms with Gasteiger partial charge in [-0.25, -0.2) is 27.4 Å². The van der Waals surface area contributed by atoms with Gasteiger partial charge in [0.1, 0.15) is 0 Å². The molecule has 3 heterocycles. The van der Waals surface area contributed by atoms with Crippen LogP contribution in [0, 0.1) is 0 Å². The molecule has 0 bridgehead atoms. The van der Waals surface area contributed by atoms with E-state index in [9.17, 15) is 8.42 Å². The SMILES string of the molecule is [2H]C([2H])([2H])NCc1ccc(-n2cc(-c3nc(NC4CCN(S(=O)(=O)C5CC5)CC4)ncc3Cl)cn2)c(Cl)c1. The van der Waals surface area contributed by atoms with Gasteiger partial charge in [0.25, 0.3) is 0 Å². The van der Waals surface area contributed by atoms with E-state index >= 15 is 0 Å². The number of nitrogens with one attached hydrogen (secondary N) is 2. The standard InChI is InChI=1S/C23H27Cl2N7O2S/c1-26-11-15-2-5-21(19(24)10-15)32-14-16(12-28-32)22-20(25)13-27-23(30-22)29-17-6-8-31(9-7-17)35(33,34)18-3-4-18/h2,5,10,12-14,17-18,26H,3-4,6-9,11H2,1H3,(H,27,29,30)/i1D3. The lowest BCUT2D eigenvalue weighted by Gasteiger charge is -2.31. The van der Waals surface area contributed by atoms with E-state index < -0.39 is 17.0 Å². The van der Waals surface area contributed by atoms with Crippen molar-refractivity contribution in [3.05, 3.63) is 52.4 Å². The Hall–Kier alpha value is -2.24. The smallest absolute Gasteiger partial charge is 0.223 e. The van der Waals surface area contributed by atoms with E-state index in [-0.39, 0.29) is 17.8 Å². The molecule has 0 unspecified atom stereocenters. The molecule has 0 spiro atoms. The number of aromatic nitrogens is 4. The Kier molecular flexibility index (Phi) is 5.99. The van der Waals surface area contributed by atoms with Crippen molar-refractivity contribution in [3.8, 4) is 16.9 Å². The van der Waals surface area contributed by atoms with Crippen LogP contribution in [0.4, 0.5) is 5.95 Å². The molecule has 2 N–H and O–H groups in total. The van der Waals surface area contributed by atoms with Crippen LogP contribution in [0.3, 0.4) is 0 Å². The van der Waals surface area contributed by atoms with Crippen LogP contribution in [0.15, 0.2) is 36.8 Å². The lowest BCUT2D eigenvalue weighted by atomic mass is 10.1. The topological polar surface area (TPSA) is 105 Å². The summed E-state index contributed by atoms with van der Waals surface area (Å²) in [4.78, 5) is 8.91. The average molecular weight is 540 g/mol. The minimum Gasteiger partial charge on any atom is -0.351 e. The predicted molar refractivity (Wildman–Crippen MR) is 138 cm³/mol. The third-order valence-electron chi connectivity index (χ3n) is 6.24. The Morgan fingerprint density at radius 2 is 1.94 bits per heavy atom. The maximum absolute atomic E-state index is 12.5. The van der Waals surface area contributed by atoms with Crippen molar-refractivity contribution in [2.45, 2.75) is 43.5 Å². The van der Waals surface area contributed by atoms with Gasteiger partial charge in [0.2, 0.25) is 16.0 Å². The molecule has 1 aliphatic carbocycles. The number of rotatable bonds is 8. The number of sulfonamides is 1. The van der Waals surface area contributed by atoms with Gasteiger partial charge in [-0.1, -0.05) is 29.3 Å². The summed E-state index contributed by atoms with van der Waals surface area (Å²) in [6.07, 6.45) is 7.76. The molecular weight excluding hydrogens is 509 g/mol. The Morgan fingerprint density at radius 1 is 1.14 bits per heavy atom. The van der Waals surface area contributed by atoms with Gasteiger partial charge >= 0.3 is 0 Å². The first-order valence-corrected chi connectivity index (χ1v) is 13.6. The zero-order chi connectivity index (χ0) is 27.1. The van der Waals surface area contributed by atoms with Gasteiger partial charge in [0.05, 0.1) is 39.1 Å². The van der Waals surface area contributed by atoms with Crippen LogP contribution >= 0.6 is 23.2 Å². The van der Waals surface area contributed by atoms with E-state index in [4.69, 9.17) is 27.3 Å². The molecule has 1 aromatic carbocycles. The minimum atomic E-state index is -3.16. The Morgan fingerprint density at radius 3 is 2.66 bits per heavy atom.